The van der Waals surface area contributed by atoms with E-state index in [0.717, 1.165) is 11.3 Å². The first-order chi connectivity index (χ1) is 14.0. The fourth-order valence-electron chi connectivity index (χ4n) is 3.14. The van der Waals surface area contributed by atoms with E-state index in [1.165, 1.54) is 16.2 Å². The van der Waals surface area contributed by atoms with Gasteiger partial charge in [-0.05, 0) is 31.2 Å². The zero-order valence-electron chi connectivity index (χ0n) is 15.7. The Hall–Kier alpha value is -2.90. The summed E-state index contributed by atoms with van der Waals surface area (Å²) in [6.07, 6.45) is 1.19. The second-order valence-electron chi connectivity index (χ2n) is 6.22. The van der Waals surface area contributed by atoms with Crippen molar-refractivity contribution in [3.8, 4) is 6.07 Å². The van der Waals surface area contributed by atoms with Crippen LogP contribution in [0, 0.1) is 11.3 Å². The molecular weight excluding hydrogens is 414 g/mol. The molecule has 0 radical (unpaired) electrons. The molecule has 29 heavy (non-hydrogen) atoms. The third kappa shape index (κ3) is 4.26. The highest BCUT2D eigenvalue weighted by Gasteiger charge is 2.36. The molecule has 3 rings (SSSR count). The molecule has 1 saturated heterocycles. The maximum atomic E-state index is 12.7. The summed E-state index contributed by atoms with van der Waals surface area (Å²) in [6.45, 7) is 2.01. The summed E-state index contributed by atoms with van der Waals surface area (Å²) in [5, 5.41) is 11.3. The van der Waals surface area contributed by atoms with Gasteiger partial charge in [-0.1, -0.05) is 6.07 Å². The number of hydrogen-bond acceptors (Lipinski definition) is 9. The fourth-order valence-corrected chi connectivity index (χ4v) is 4.74. The van der Waals surface area contributed by atoms with Gasteiger partial charge < -0.3 is 20.1 Å². The van der Waals surface area contributed by atoms with E-state index in [1.807, 2.05) is 6.07 Å². The Morgan fingerprint density at radius 1 is 1.38 bits per heavy atom. The van der Waals surface area contributed by atoms with E-state index >= 15 is 0 Å². The molecule has 0 aliphatic carbocycles. The fraction of sp³-hybridized carbons (Fsp3) is 0.368. The second kappa shape index (κ2) is 9.07. The summed E-state index contributed by atoms with van der Waals surface area (Å²) >= 11 is 2.24. The minimum absolute atomic E-state index is 0.101. The van der Waals surface area contributed by atoms with Crippen LogP contribution in [0.2, 0.25) is 0 Å². The highest BCUT2D eigenvalue weighted by molar-refractivity contribution is 7.18. The van der Waals surface area contributed by atoms with Crippen molar-refractivity contribution >= 4 is 45.5 Å². The van der Waals surface area contributed by atoms with Crippen LogP contribution in [-0.4, -0.2) is 41.9 Å². The van der Waals surface area contributed by atoms with Gasteiger partial charge >= 0.3 is 11.9 Å². The number of thiophene rings is 2. The minimum atomic E-state index is -0.697. The van der Waals surface area contributed by atoms with E-state index in [-0.39, 0.29) is 40.1 Å². The third-order valence-corrected chi connectivity index (χ3v) is 6.38. The lowest BCUT2D eigenvalue weighted by molar-refractivity contribution is -0.149. The zero-order valence-corrected chi connectivity index (χ0v) is 17.3. The maximum absolute atomic E-state index is 12.7. The number of likely N-dealkylation sites (tertiary alicyclic amines) is 1. The average molecular weight is 434 g/mol. The smallest absolute Gasteiger partial charge is 0.348 e. The normalized spacial score (nSPS) is 15.7. The van der Waals surface area contributed by atoms with Crippen molar-refractivity contribution in [3.05, 3.63) is 38.4 Å². The summed E-state index contributed by atoms with van der Waals surface area (Å²) in [6, 6.07) is 4.74. The molecule has 2 aromatic rings. The topological polar surface area (TPSA) is 123 Å². The van der Waals surface area contributed by atoms with Crippen LogP contribution >= 0.6 is 22.7 Å². The molecule has 1 amide bonds. The molecular formula is C19H19N3O5S2. The Morgan fingerprint density at radius 2 is 2.17 bits per heavy atom. The quantitative estimate of drug-likeness (QED) is 0.695. The lowest BCUT2D eigenvalue weighted by atomic mass is 10.1. The van der Waals surface area contributed by atoms with Crippen LogP contribution in [0.15, 0.2) is 17.5 Å². The zero-order chi connectivity index (χ0) is 21.0. The van der Waals surface area contributed by atoms with Crippen molar-refractivity contribution in [1.82, 2.24) is 4.90 Å². The standard InChI is InChI=1S/C19H19N3O5S2/c1-2-26-19(25)15-12(11(9-20)16(21)29-15)10-27-18(24)13-5-3-7-22(13)17(23)14-6-4-8-28-14/h4,6,8,13H,2-3,5,7,10,21H2,1H3/t13-/m0/s1. The number of nitrogen functional groups attached to an aromatic ring is 1. The number of hydrogen-bond donors (Lipinski definition) is 1. The average Bonchev–Trinajstić information content (AvgIpc) is 3.45. The first kappa shape index (κ1) is 20.8. The summed E-state index contributed by atoms with van der Waals surface area (Å²) < 4.78 is 10.4. The van der Waals surface area contributed by atoms with Gasteiger partial charge in [-0.2, -0.15) is 5.26 Å². The lowest BCUT2D eigenvalue weighted by Gasteiger charge is -2.22. The molecule has 152 valence electrons. The number of esters is 2. The predicted molar refractivity (Wildman–Crippen MR) is 108 cm³/mol. The Morgan fingerprint density at radius 3 is 2.83 bits per heavy atom. The number of amides is 1. The van der Waals surface area contributed by atoms with Gasteiger partial charge in [-0.3, -0.25) is 4.79 Å². The lowest BCUT2D eigenvalue weighted by Crippen LogP contribution is -2.41. The summed E-state index contributed by atoms with van der Waals surface area (Å²) in [7, 11) is 0. The molecule has 0 unspecified atom stereocenters. The molecule has 2 N–H and O–H groups in total. The van der Waals surface area contributed by atoms with Crippen molar-refractivity contribution in [2.45, 2.75) is 32.4 Å². The molecule has 2 aromatic heterocycles. The minimum Gasteiger partial charge on any atom is -0.462 e. The molecule has 3 heterocycles. The Labute approximate surface area is 175 Å². The number of nitrogens with two attached hydrogens (primary N) is 1. The number of carbonyl (C=O) groups excluding carboxylic acids is 3. The van der Waals surface area contributed by atoms with Crippen LogP contribution in [0.1, 0.15) is 50.2 Å². The number of nitrogens with zero attached hydrogens (tertiary/aromatic N) is 2. The first-order valence-corrected chi connectivity index (χ1v) is 10.7. The molecule has 0 spiro atoms. The number of ether oxygens (including phenoxy) is 2. The Bertz CT molecular complexity index is 961. The molecule has 8 nitrogen and oxygen atoms in total. The van der Waals surface area contributed by atoms with Crippen LogP contribution in [0.3, 0.4) is 0 Å². The number of anilines is 1. The molecule has 0 bridgehead atoms. The van der Waals surface area contributed by atoms with Crippen LogP contribution in [0.5, 0.6) is 0 Å². The van der Waals surface area contributed by atoms with Gasteiger partial charge in [0.15, 0.2) is 0 Å². The van der Waals surface area contributed by atoms with Crippen LogP contribution in [0.4, 0.5) is 5.00 Å². The van der Waals surface area contributed by atoms with Crippen molar-refractivity contribution < 1.29 is 23.9 Å². The number of carbonyl (C=O) groups is 3. The number of rotatable bonds is 6. The van der Waals surface area contributed by atoms with Gasteiger partial charge in [0, 0.05) is 12.1 Å². The molecule has 1 aliphatic rings. The first-order valence-electron chi connectivity index (χ1n) is 8.97. The molecule has 1 atom stereocenters. The third-order valence-electron chi connectivity index (χ3n) is 4.48. The monoisotopic (exact) mass is 433 g/mol. The highest BCUT2D eigenvalue weighted by atomic mass is 32.1. The van der Waals surface area contributed by atoms with E-state index in [0.29, 0.717) is 24.3 Å². The molecule has 10 heteroatoms. The molecule has 1 aliphatic heterocycles. The summed E-state index contributed by atoms with van der Waals surface area (Å²) in [5.41, 5.74) is 6.16. The summed E-state index contributed by atoms with van der Waals surface area (Å²) in [4.78, 5) is 39.7. The highest BCUT2D eigenvalue weighted by Crippen LogP contribution is 2.32. The van der Waals surface area contributed by atoms with Crippen molar-refractivity contribution in [2.24, 2.45) is 0 Å². The maximum Gasteiger partial charge on any atom is 0.348 e. The second-order valence-corrected chi connectivity index (χ2v) is 8.22. The van der Waals surface area contributed by atoms with Crippen molar-refractivity contribution in [3.63, 3.8) is 0 Å². The van der Waals surface area contributed by atoms with E-state index in [1.54, 1.807) is 24.4 Å². The van der Waals surface area contributed by atoms with Gasteiger partial charge in [0.2, 0.25) is 0 Å². The Balaban J connectivity index is 1.74. The van der Waals surface area contributed by atoms with E-state index < -0.39 is 18.0 Å². The predicted octanol–water partition coefficient (Wildman–Crippen LogP) is 2.79. The van der Waals surface area contributed by atoms with Crippen LogP contribution in [-0.2, 0) is 20.9 Å². The molecule has 1 fully saturated rings. The largest absolute Gasteiger partial charge is 0.462 e. The van der Waals surface area contributed by atoms with Crippen LogP contribution < -0.4 is 5.73 Å². The molecule has 0 saturated carbocycles. The van der Waals surface area contributed by atoms with E-state index in [9.17, 15) is 19.6 Å². The Kier molecular flexibility index (Phi) is 6.51. The van der Waals surface area contributed by atoms with Gasteiger partial charge in [0.25, 0.3) is 5.91 Å². The van der Waals surface area contributed by atoms with Gasteiger partial charge in [0.1, 0.15) is 28.6 Å². The van der Waals surface area contributed by atoms with Crippen molar-refractivity contribution in [1.29, 1.82) is 5.26 Å². The summed E-state index contributed by atoms with van der Waals surface area (Å²) in [5.74, 6) is -1.40. The SMILES string of the molecule is CCOC(=O)c1sc(N)c(C#N)c1COC(=O)[C@@H]1CCCN1C(=O)c1cccs1. The van der Waals surface area contributed by atoms with Gasteiger partial charge in [-0.25, -0.2) is 9.59 Å². The van der Waals surface area contributed by atoms with E-state index in [4.69, 9.17) is 15.2 Å². The van der Waals surface area contributed by atoms with Crippen molar-refractivity contribution in [2.75, 3.05) is 18.9 Å². The van der Waals surface area contributed by atoms with Gasteiger partial charge in [0.05, 0.1) is 17.0 Å². The molecule has 0 aromatic carbocycles. The van der Waals surface area contributed by atoms with Crippen LogP contribution in [0.25, 0.3) is 0 Å². The number of nitriles is 1. The van der Waals surface area contributed by atoms with E-state index in [2.05, 4.69) is 0 Å². The van der Waals surface area contributed by atoms with Gasteiger partial charge in [-0.15, -0.1) is 22.7 Å².